The van der Waals surface area contributed by atoms with Gasteiger partial charge in [-0.15, -0.1) is 0 Å². The van der Waals surface area contributed by atoms with Crippen molar-refractivity contribution in [1.29, 1.82) is 0 Å². The summed E-state index contributed by atoms with van der Waals surface area (Å²) in [4.78, 5) is 58.3. The maximum absolute atomic E-state index is 13.2. The van der Waals surface area contributed by atoms with Crippen molar-refractivity contribution in [1.82, 2.24) is 16.0 Å². The van der Waals surface area contributed by atoms with Gasteiger partial charge in [0.2, 0.25) is 17.7 Å². The van der Waals surface area contributed by atoms with Crippen LogP contribution in [0.25, 0.3) is 0 Å². The number of amides is 3. The van der Waals surface area contributed by atoms with Crippen LogP contribution in [0.4, 0.5) is 0 Å². The predicted molar refractivity (Wildman–Crippen MR) is 157 cm³/mol. The maximum atomic E-state index is 13.2. The summed E-state index contributed by atoms with van der Waals surface area (Å²) in [7, 11) is 0. The van der Waals surface area contributed by atoms with Crippen molar-refractivity contribution in [2.75, 3.05) is 31.6 Å². The molecule has 0 aliphatic heterocycles. The van der Waals surface area contributed by atoms with Crippen molar-refractivity contribution >= 4 is 47.4 Å². The molecule has 16 N–H and O–H groups in total. The Balaban J connectivity index is 5.42. The summed E-state index contributed by atoms with van der Waals surface area (Å²) < 4.78 is 0. The Bertz CT molecular complexity index is 851. The van der Waals surface area contributed by atoms with Gasteiger partial charge in [-0.05, 0) is 69.9 Å². The number of aliphatic imine (C=N–C) groups is 2. The normalized spacial score (nSPS) is 13.7. The van der Waals surface area contributed by atoms with E-state index >= 15 is 0 Å². The predicted octanol–water partition coefficient (Wildman–Crippen LogP) is -3.16. The average molecular weight is 590 g/mol. The van der Waals surface area contributed by atoms with E-state index in [0.29, 0.717) is 57.4 Å². The lowest BCUT2D eigenvalue weighted by Gasteiger charge is -2.25. The monoisotopic (exact) mass is 589 g/mol. The van der Waals surface area contributed by atoms with E-state index in [4.69, 9.17) is 34.4 Å². The number of guanidine groups is 2. The van der Waals surface area contributed by atoms with E-state index in [9.17, 15) is 24.3 Å². The second-order valence-electron chi connectivity index (χ2n) is 9.09. The lowest BCUT2D eigenvalue weighted by atomic mass is 10.1. The number of aliphatic carboxylic acids is 1. The quantitative estimate of drug-likeness (QED) is 0.0340. The molecular weight excluding hydrogens is 542 g/mol. The van der Waals surface area contributed by atoms with Crippen LogP contribution in [0.3, 0.4) is 0 Å². The first-order valence-electron chi connectivity index (χ1n) is 13.1. The van der Waals surface area contributed by atoms with Crippen LogP contribution in [0, 0.1) is 0 Å². The molecule has 4 atom stereocenters. The second kappa shape index (κ2) is 21.5. The molecular formula is C23H47N11O5S. The van der Waals surface area contributed by atoms with Gasteiger partial charge in [0.15, 0.2) is 11.9 Å². The number of carboxylic acids is 1. The molecule has 0 bridgehead atoms. The fourth-order valence-corrected chi connectivity index (χ4v) is 3.97. The van der Waals surface area contributed by atoms with Crippen LogP contribution < -0.4 is 50.4 Å². The van der Waals surface area contributed by atoms with Crippen molar-refractivity contribution in [3.05, 3.63) is 0 Å². The van der Waals surface area contributed by atoms with E-state index in [0.717, 1.165) is 0 Å². The molecule has 40 heavy (non-hydrogen) atoms. The molecule has 0 fully saturated rings. The van der Waals surface area contributed by atoms with Gasteiger partial charge >= 0.3 is 5.97 Å². The minimum absolute atomic E-state index is 0.0579. The first kappa shape index (κ1) is 36.7. The molecule has 4 unspecified atom stereocenters. The fraction of sp³-hybridized carbons (Fsp3) is 0.739. The average Bonchev–Trinajstić information content (AvgIpc) is 2.89. The summed E-state index contributed by atoms with van der Waals surface area (Å²) in [5.41, 5.74) is 32.7. The number of hydrogen-bond acceptors (Lipinski definition) is 9. The molecule has 3 amide bonds. The van der Waals surface area contributed by atoms with Crippen LogP contribution in [0.5, 0.6) is 0 Å². The number of hydrogen-bond donors (Lipinski definition) is 10. The number of carbonyl (C=O) groups excluding carboxylic acids is 3. The molecule has 0 aliphatic carbocycles. The molecule has 0 aromatic rings. The van der Waals surface area contributed by atoms with Gasteiger partial charge in [-0.3, -0.25) is 24.4 Å². The van der Waals surface area contributed by atoms with E-state index in [1.54, 1.807) is 0 Å². The van der Waals surface area contributed by atoms with Crippen molar-refractivity contribution in [3.8, 4) is 0 Å². The number of nitrogens with zero attached hydrogens (tertiary/aromatic N) is 2. The number of unbranched alkanes of at least 4 members (excludes halogenated alkanes) is 1. The van der Waals surface area contributed by atoms with Gasteiger partial charge in [0, 0.05) is 13.1 Å². The first-order valence-corrected chi connectivity index (χ1v) is 14.5. The Morgan fingerprint density at radius 3 is 1.70 bits per heavy atom. The maximum Gasteiger partial charge on any atom is 0.326 e. The van der Waals surface area contributed by atoms with E-state index in [1.807, 2.05) is 6.26 Å². The van der Waals surface area contributed by atoms with Crippen LogP contribution in [-0.2, 0) is 19.2 Å². The number of thioether (sulfide) groups is 1. The van der Waals surface area contributed by atoms with Gasteiger partial charge in [-0.25, -0.2) is 4.79 Å². The highest BCUT2D eigenvalue weighted by atomic mass is 32.2. The smallest absolute Gasteiger partial charge is 0.326 e. The number of nitrogens with one attached hydrogen (secondary N) is 3. The summed E-state index contributed by atoms with van der Waals surface area (Å²) in [6, 6.07) is -4.10. The van der Waals surface area contributed by atoms with Crippen molar-refractivity contribution < 1.29 is 24.3 Å². The largest absolute Gasteiger partial charge is 0.480 e. The highest BCUT2D eigenvalue weighted by molar-refractivity contribution is 7.98. The molecule has 0 spiro atoms. The Labute approximate surface area is 239 Å². The van der Waals surface area contributed by atoms with Gasteiger partial charge < -0.3 is 55.5 Å². The number of carbonyl (C=O) groups is 4. The number of nitrogens with two attached hydrogens (primary N) is 6. The molecule has 0 saturated carbocycles. The molecule has 0 radical (unpaired) electrons. The van der Waals surface area contributed by atoms with Crippen LogP contribution >= 0.6 is 11.8 Å². The zero-order valence-electron chi connectivity index (χ0n) is 23.1. The fourth-order valence-electron chi connectivity index (χ4n) is 3.50. The first-order chi connectivity index (χ1) is 18.9. The Morgan fingerprint density at radius 1 is 0.725 bits per heavy atom. The minimum Gasteiger partial charge on any atom is -0.480 e. The summed E-state index contributed by atoms with van der Waals surface area (Å²) in [6.45, 7) is 0.898. The molecule has 17 heteroatoms. The van der Waals surface area contributed by atoms with Crippen molar-refractivity contribution in [2.24, 2.45) is 44.4 Å². The van der Waals surface area contributed by atoms with E-state index in [1.165, 1.54) is 11.8 Å². The summed E-state index contributed by atoms with van der Waals surface area (Å²) >= 11 is 1.48. The molecule has 0 saturated heterocycles. The standard InChI is InChI=1S/C23H47N11O5S/c1-40-13-9-16(32-18(35)14(25)6-4-11-30-22(26)27)20(37)33-15(7-2-3-10-24)19(36)34-17(21(38)39)8-5-12-31-23(28)29/h14-17H,2-13,24-25H2,1H3,(H,32,35)(H,33,37)(H,34,36)(H,38,39)(H4,26,27,30)(H4,28,29,31). The third-order valence-electron chi connectivity index (χ3n) is 5.69. The SMILES string of the molecule is CSCCC(NC(=O)C(N)CCCN=C(N)N)C(=O)NC(CCCCN)C(=O)NC(CCCN=C(N)N)C(=O)O. The van der Waals surface area contributed by atoms with E-state index < -0.39 is 47.9 Å². The van der Waals surface area contributed by atoms with Gasteiger partial charge in [0.25, 0.3) is 0 Å². The molecule has 16 nitrogen and oxygen atoms in total. The Morgan fingerprint density at radius 2 is 1.20 bits per heavy atom. The molecule has 0 heterocycles. The van der Waals surface area contributed by atoms with Gasteiger partial charge in [0.1, 0.15) is 18.1 Å². The second-order valence-corrected chi connectivity index (χ2v) is 10.1. The van der Waals surface area contributed by atoms with Crippen LogP contribution in [0.1, 0.15) is 51.4 Å². The third kappa shape index (κ3) is 17.3. The van der Waals surface area contributed by atoms with Crippen LogP contribution in [-0.4, -0.2) is 96.5 Å². The third-order valence-corrected chi connectivity index (χ3v) is 6.33. The molecule has 0 aromatic heterocycles. The zero-order valence-corrected chi connectivity index (χ0v) is 24.0. The minimum atomic E-state index is -1.23. The highest BCUT2D eigenvalue weighted by Crippen LogP contribution is 2.08. The molecule has 0 rings (SSSR count). The zero-order chi connectivity index (χ0) is 30.5. The van der Waals surface area contributed by atoms with Crippen molar-refractivity contribution in [2.45, 2.75) is 75.5 Å². The lowest BCUT2D eigenvalue weighted by Crippen LogP contribution is -2.57. The summed E-state index contributed by atoms with van der Waals surface area (Å²) in [6.07, 6.45) is 4.64. The van der Waals surface area contributed by atoms with Crippen molar-refractivity contribution in [3.63, 3.8) is 0 Å². The van der Waals surface area contributed by atoms with Crippen LogP contribution in [0.2, 0.25) is 0 Å². The van der Waals surface area contributed by atoms with Gasteiger partial charge in [-0.2, -0.15) is 11.8 Å². The lowest BCUT2D eigenvalue weighted by molar-refractivity contribution is -0.142. The molecule has 230 valence electrons. The summed E-state index contributed by atoms with van der Waals surface area (Å²) in [5, 5.41) is 17.4. The Kier molecular flexibility index (Phi) is 19.7. The van der Waals surface area contributed by atoms with E-state index in [2.05, 4.69) is 25.9 Å². The number of rotatable bonds is 22. The van der Waals surface area contributed by atoms with Gasteiger partial charge in [0.05, 0.1) is 6.04 Å². The topological polar surface area (TPSA) is 305 Å². The molecule has 0 aromatic carbocycles. The highest BCUT2D eigenvalue weighted by Gasteiger charge is 2.30. The molecule has 0 aliphatic rings. The summed E-state index contributed by atoms with van der Waals surface area (Å²) in [5.74, 6) is -2.62. The van der Waals surface area contributed by atoms with Crippen LogP contribution in [0.15, 0.2) is 9.98 Å². The Hall–Kier alpha value is -3.31. The van der Waals surface area contributed by atoms with Gasteiger partial charge in [-0.1, -0.05) is 0 Å². The van der Waals surface area contributed by atoms with E-state index in [-0.39, 0.29) is 31.3 Å². The number of carboxylic acid groups (broad SMARTS) is 1.